The first kappa shape index (κ1) is 11.1. The Kier molecular flexibility index (Phi) is 2.50. The number of hydrogen-bond acceptors (Lipinski definition) is 3. The van der Waals surface area contributed by atoms with Crippen LogP contribution in [0.15, 0.2) is 23.1 Å². The normalized spacial score (nSPS) is 22.4. The van der Waals surface area contributed by atoms with Crippen molar-refractivity contribution < 1.29 is 18.3 Å². The molecule has 0 saturated heterocycles. The predicted octanol–water partition coefficient (Wildman–Crippen LogP) is 1.49. The molecule has 1 aliphatic rings. The van der Waals surface area contributed by atoms with E-state index in [1.165, 1.54) is 12.1 Å². The molecule has 16 heavy (non-hydrogen) atoms. The summed E-state index contributed by atoms with van der Waals surface area (Å²) in [5.41, 5.74) is 0.750. The molecule has 1 N–H and O–H groups in total. The van der Waals surface area contributed by atoms with Gasteiger partial charge in [0.1, 0.15) is 0 Å². The fraction of sp³-hybridized carbons (Fsp3) is 0.364. The van der Waals surface area contributed by atoms with Crippen molar-refractivity contribution in [3.05, 3.63) is 29.3 Å². The van der Waals surface area contributed by atoms with Gasteiger partial charge in [0.25, 0.3) is 0 Å². The lowest BCUT2D eigenvalue weighted by molar-refractivity contribution is 0.0696. The van der Waals surface area contributed by atoms with Crippen LogP contribution in [0.3, 0.4) is 0 Å². The molecule has 86 valence electrons. The topological polar surface area (TPSA) is 71.4 Å². The monoisotopic (exact) mass is 240 g/mol. The summed E-state index contributed by atoms with van der Waals surface area (Å²) >= 11 is 0. The molecule has 2 rings (SSSR count). The standard InChI is InChI=1S/C11H12O4S/c1-7-2-3-8-4-5-9(11(12)13)6-10(8)16(7,14)15/h4-7H,2-3H2,1H3,(H,12,13). The Balaban J connectivity index is 2.65. The van der Waals surface area contributed by atoms with E-state index < -0.39 is 21.1 Å². The number of carbonyl (C=O) groups is 1. The second-order valence-corrected chi connectivity index (χ2v) is 6.36. The molecular weight excluding hydrogens is 228 g/mol. The summed E-state index contributed by atoms with van der Waals surface area (Å²) < 4.78 is 24.0. The summed E-state index contributed by atoms with van der Waals surface area (Å²) in [5.74, 6) is -1.10. The second kappa shape index (κ2) is 3.59. The van der Waals surface area contributed by atoms with Crippen molar-refractivity contribution in [2.24, 2.45) is 0 Å². The lowest BCUT2D eigenvalue weighted by Crippen LogP contribution is -2.25. The fourth-order valence-corrected chi connectivity index (χ4v) is 3.58. The summed E-state index contributed by atoms with van der Waals surface area (Å²) in [6.07, 6.45) is 1.29. The average Bonchev–Trinajstić information content (AvgIpc) is 2.23. The number of hydrogen-bond donors (Lipinski definition) is 1. The quantitative estimate of drug-likeness (QED) is 0.807. The molecule has 5 heteroatoms. The molecule has 1 aromatic rings. The van der Waals surface area contributed by atoms with E-state index in [0.29, 0.717) is 12.8 Å². The van der Waals surface area contributed by atoms with E-state index in [2.05, 4.69) is 0 Å². The summed E-state index contributed by atoms with van der Waals surface area (Å²) in [7, 11) is -3.34. The van der Waals surface area contributed by atoms with Gasteiger partial charge in [-0.15, -0.1) is 0 Å². The highest BCUT2D eigenvalue weighted by Crippen LogP contribution is 2.30. The maximum Gasteiger partial charge on any atom is 0.335 e. The van der Waals surface area contributed by atoms with Gasteiger partial charge < -0.3 is 5.11 Å². The molecule has 1 heterocycles. The van der Waals surface area contributed by atoms with Crippen molar-refractivity contribution in [2.45, 2.75) is 29.9 Å². The Morgan fingerprint density at radius 2 is 2.12 bits per heavy atom. The zero-order chi connectivity index (χ0) is 11.9. The Bertz CT molecular complexity index is 545. The first-order valence-electron chi connectivity index (χ1n) is 5.03. The number of carboxylic acid groups (broad SMARTS) is 1. The van der Waals surface area contributed by atoms with E-state index in [4.69, 9.17) is 5.11 Å². The van der Waals surface area contributed by atoms with Crippen molar-refractivity contribution in [3.63, 3.8) is 0 Å². The van der Waals surface area contributed by atoms with Gasteiger partial charge in [-0.1, -0.05) is 6.07 Å². The van der Waals surface area contributed by atoms with Crippen molar-refractivity contribution in [1.82, 2.24) is 0 Å². The SMILES string of the molecule is CC1CCc2ccc(C(=O)O)cc2S1(=O)=O. The number of carboxylic acids is 1. The van der Waals surface area contributed by atoms with Crippen LogP contribution in [0, 0.1) is 0 Å². The van der Waals surface area contributed by atoms with Gasteiger partial charge in [-0.2, -0.15) is 0 Å². The van der Waals surface area contributed by atoms with E-state index in [9.17, 15) is 13.2 Å². The number of aromatic carboxylic acids is 1. The van der Waals surface area contributed by atoms with Crippen molar-refractivity contribution in [1.29, 1.82) is 0 Å². The highest BCUT2D eigenvalue weighted by Gasteiger charge is 2.30. The van der Waals surface area contributed by atoms with Gasteiger partial charge in [0.15, 0.2) is 9.84 Å². The smallest absolute Gasteiger partial charge is 0.335 e. The van der Waals surface area contributed by atoms with Gasteiger partial charge in [-0.3, -0.25) is 0 Å². The Hall–Kier alpha value is -1.36. The van der Waals surface area contributed by atoms with E-state index >= 15 is 0 Å². The molecule has 0 aliphatic carbocycles. The molecule has 4 nitrogen and oxygen atoms in total. The number of sulfone groups is 1. The molecule has 1 unspecified atom stereocenters. The highest BCUT2D eigenvalue weighted by molar-refractivity contribution is 7.92. The summed E-state index contributed by atoms with van der Waals surface area (Å²) in [6.45, 7) is 1.66. The highest BCUT2D eigenvalue weighted by atomic mass is 32.2. The zero-order valence-electron chi connectivity index (χ0n) is 8.80. The third-order valence-corrected chi connectivity index (χ3v) is 5.26. The lowest BCUT2D eigenvalue weighted by atomic mass is 10.1. The van der Waals surface area contributed by atoms with Crippen LogP contribution in [0.2, 0.25) is 0 Å². The van der Waals surface area contributed by atoms with Crippen LogP contribution in [-0.4, -0.2) is 24.7 Å². The van der Waals surface area contributed by atoms with Gasteiger partial charge in [0, 0.05) is 0 Å². The molecule has 0 amide bonds. The minimum absolute atomic E-state index is 0.0245. The van der Waals surface area contributed by atoms with E-state index in [0.717, 1.165) is 5.56 Å². The van der Waals surface area contributed by atoms with Crippen LogP contribution in [-0.2, 0) is 16.3 Å². The molecule has 0 radical (unpaired) electrons. The summed E-state index contributed by atoms with van der Waals surface area (Å²) in [6, 6.07) is 4.32. The maximum absolute atomic E-state index is 12.0. The molecule has 1 aliphatic heterocycles. The van der Waals surface area contributed by atoms with E-state index in [1.807, 2.05) is 0 Å². The van der Waals surface area contributed by atoms with Gasteiger partial charge >= 0.3 is 5.97 Å². The molecule has 0 saturated carbocycles. The Morgan fingerprint density at radius 1 is 1.44 bits per heavy atom. The number of fused-ring (bicyclic) bond motifs is 1. The maximum atomic E-state index is 12.0. The van der Waals surface area contributed by atoms with Gasteiger partial charge in [-0.05, 0) is 37.5 Å². The second-order valence-electron chi connectivity index (χ2n) is 4.02. The van der Waals surface area contributed by atoms with Crippen LogP contribution in [0.5, 0.6) is 0 Å². The van der Waals surface area contributed by atoms with Crippen LogP contribution in [0.1, 0.15) is 29.3 Å². The molecule has 1 atom stereocenters. The minimum atomic E-state index is -3.34. The number of benzene rings is 1. The van der Waals surface area contributed by atoms with Crippen molar-refractivity contribution in [2.75, 3.05) is 0 Å². The minimum Gasteiger partial charge on any atom is -0.478 e. The lowest BCUT2D eigenvalue weighted by Gasteiger charge is -2.22. The molecule has 0 aromatic heterocycles. The molecular formula is C11H12O4S. The van der Waals surface area contributed by atoms with E-state index in [-0.39, 0.29) is 10.5 Å². The van der Waals surface area contributed by atoms with Gasteiger partial charge in [-0.25, -0.2) is 13.2 Å². The van der Waals surface area contributed by atoms with Crippen LogP contribution >= 0.6 is 0 Å². The number of aryl methyl sites for hydroxylation is 1. The molecule has 0 fully saturated rings. The van der Waals surface area contributed by atoms with Gasteiger partial charge in [0.05, 0.1) is 15.7 Å². The van der Waals surface area contributed by atoms with Gasteiger partial charge in [0.2, 0.25) is 0 Å². The summed E-state index contributed by atoms with van der Waals surface area (Å²) in [4.78, 5) is 11.0. The third kappa shape index (κ3) is 1.61. The van der Waals surface area contributed by atoms with Crippen molar-refractivity contribution in [3.8, 4) is 0 Å². The van der Waals surface area contributed by atoms with Crippen LogP contribution in [0.4, 0.5) is 0 Å². The molecule has 1 aromatic carbocycles. The predicted molar refractivity (Wildman–Crippen MR) is 58.4 cm³/mol. The largest absolute Gasteiger partial charge is 0.478 e. The summed E-state index contributed by atoms with van der Waals surface area (Å²) in [5, 5.41) is 8.40. The van der Waals surface area contributed by atoms with Crippen LogP contribution in [0.25, 0.3) is 0 Å². The average molecular weight is 240 g/mol. The Labute approximate surface area is 93.8 Å². The molecule has 0 spiro atoms. The zero-order valence-corrected chi connectivity index (χ0v) is 9.62. The fourth-order valence-electron chi connectivity index (χ4n) is 1.89. The first-order valence-corrected chi connectivity index (χ1v) is 6.57. The molecule has 0 bridgehead atoms. The van der Waals surface area contributed by atoms with E-state index in [1.54, 1.807) is 13.0 Å². The first-order chi connectivity index (χ1) is 7.43. The number of rotatable bonds is 1. The third-order valence-electron chi connectivity index (χ3n) is 2.97. The van der Waals surface area contributed by atoms with Crippen molar-refractivity contribution >= 4 is 15.8 Å². The Morgan fingerprint density at radius 3 is 2.75 bits per heavy atom. The van der Waals surface area contributed by atoms with Crippen LogP contribution < -0.4 is 0 Å².